The fraction of sp³-hybridized carbons (Fsp3) is 0.786. The SMILES string of the molecule is CC1CC=C2C[C@@H](/C=N/NNN)CC[C@]2(C)C1C. The monoisotopic (exact) mass is 250 g/mol. The van der Waals surface area contributed by atoms with Crippen molar-refractivity contribution in [1.82, 2.24) is 11.1 Å². The Hall–Kier alpha value is -0.870. The summed E-state index contributed by atoms with van der Waals surface area (Å²) in [4.78, 5) is 0. The highest BCUT2D eigenvalue weighted by Gasteiger charge is 2.42. The molecule has 1 saturated carbocycles. The van der Waals surface area contributed by atoms with E-state index in [1.54, 1.807) is 5.57 Å². The number of rotatable bonds is 3. The second kappa shape index (κ2) is 5.41. The lowest BCUT2D eigenvalue weighted by Crippen LogP contribution is -2.39. The zero-order valence-electron chi connectivity index (χ0n) is 11.7. The molecule has 0 aromatic rings. The third-order valence-corrected chi connectivity index (χ3v) is 5.26. The Balaban J connectivity index is 2.06. The number of fused-ring (bicyclic) bond motifs is 1. The van der Waals surface area contributed by atoms with Crippen LogP contribution in [0.25, 0.3) is 0 Å². The molecule has 4 nitrogen and oxygen atoms in total. The summed E-state index contributed by atoms with van der Waals surface area (Å²) in [5.41, 5.74) is 6.96. The van der Waals surface area contributed by atoms with Gasteiger partial charge in [-0.1, -0.05) is 32.4 Å². The average molecular weight is 250 g/mol. The van der Waals surface area contributed by atoms with Gasteiger partial charge in [-0.15, -0.1) is 0 Å². The molecule has 2 aliphatic rings. The van der Waals surface area contributed by atoms with E-state index >= 15 is 0 Å². The van der Waals surface area contributed by atoms with Crippen LogP contribution in [0.3, 0.4) is 0 Å². The minimum absolute atomic E-state index is 0.418. The van der Waals surface area contributed by atoms with E-state index in [9.17, 15) is 0 Å². The van der Waals surface area contributed by atoms with Gasteiger partial charge in [0.2, 0.25) is 0 Å². The maximum absolute atomic E-state index is 5.12. The predicted molar refractivity (Wildman–Crippen MR) is 75.4 cm³/mol. The van der Waals surface area contributed by atoms with Crippen molar-refractivity contribution in [2.45, 2.75) is 46.5 Å². The van der Waals surface area contributed by atoms with Gasteiger partial charge in [-0.2, -0.15) is 10.6 Å². The van der Waals surface area contributed by atoms with Gasteiger partial charge in [0.15, 0.2) is 0 Å². The number of nitrogens with two attached hydrogens (primary N) is 1. The lowest BCUT2D eigenvalue weighted by Gasteiger charge is -2.48. The summed E-state index contributed by atoms with van der Waals surface area (Å²) >= 11 is 0. The van der Waals surface area contributed by atoms with Crippen molar-refractivity contribution >= 4 is 6.21 Å². The molecule has 2 aliphatic carbocycles. The summed E-state index contributed by atoms with van der Waals surface area (Å²) in [7, 11) is 0. The van der Waals surface area contributed by atoms with Gasteiger partial charge in [-0.05, 0) is 48.9 Å². The normalized spacial score (nSPS) is 40.4. The summed E-state index contributed by atoms with van der Waals surface area (Å²) in [5, 5.41) is 4.07. The number of hydrogen-bond donors (Lipinski definition) is 3. The Kier molecular flexibility index (Phi) is 4.07. The molecule has 0 spiro atoms. The number of hydrogen-bond acceptors (Lipinski definition) is 4. The smallest absolute Gasteiger partial charge is 0.0293 e. The minimum atomic E-state index is 0.418. The molecule has 0 amide bonds. The van der Waals surface area contributed by atoms with Crippen LogP contribution in [-0.2, 0) is 0 Å². The maximum atomic E-state index is 5.12. The van der Waals surface area contributed by atoms with Gasteiger partial charge < -0.3 is 0 Å². The highest BCUT2D eigenvalue weighted by molar-refractivity contribution is 5.61. The number of hydrazone groups is 1. The third kappa shape index (κ3) is 2.45. The van der Waals surface area contributed by atoms with Crippen LogP contribution in [0.1, 0.15) is 46.5 Å². The van der Waals surface area contributed by atoms with Gasteiger partial charge in [-0.3, -0.25) is 5.84 Å². The fourth-order valence-electron chi connectivity index (χ4n) is 3.57. The Morgan fingerprint density at radius 1 is 1.50 bits per heavy atom. The highest BCUT2D eigenvalue weighted by atomic mass is 15.6. The lowest BCUT2D eigenvalue weighted by molar-refractivity contribution is 0.125. The summed E-state index contributed by atoms with van der Waals surface area (Å²) in [6.07, 6.45) is 9.36. The van der Waals surface area contributed by atoms with Crippen LogP contribution in [0.2, 0.25) is 0 Å². The van der Waals surface area contributed by atoms with Gasteiger partial charge in [-0.25, -0.2) is 5.53 Å². The first-order valence-corrected chi connectivity index (χ1v) is 7.01. The second-order valence-electron chi connectivity index (χ2n) is 6.19. The molecule has 0 radical (unpaired) electrons. The van der Waals surface area contributed by atoms with Crippen LogP contribution in [0.15, 0.2) is 16.8 Å². The second-order valence-corrected chi connectivity index (χ2v) is 6.19. The Morgan fingerprint density at radius 2 is 2.28 bits per heavy atom. The first-order valence-electron chi connectivity index (χ1n) is 7.01. The molecule has 0 heterocycles. The molecule has 0 aromatic carbocycles. The summed E-state index contributed by atoms with van der Waals surface area (Å²) in [6.45, 7) is 7.26. The van der Waals surface area contributed by atoms with Gasteiger partial charge in [0.05, 0.1) is 0 Å². The van der Waals surface area contributed by atoms with Gasteiger partial charge in [0.1, 0.15) is 0 Å². The largest absolute Gasteiger partial charge is 0.252 e. The molecule has 102 valence electrons. The average Bonchev–Trinajstić information content (AvgIpc) is 2.37. The van der Waals surface area contributed by atoms with E-state index in [4.69, 9.17) is 5.84 Å². The van der Waals surface area contributed by atoms with Crippen molar-refractivity contribution in [3.63, 3.8) is 0 Å². The summed E-state index contributed by atoms with van der Waals surface area (Å²) < 4.78 is 0. The molecule has 0 bridgehead atoms. The zero-order valence-corrected chi connectivity index (χ0v) is 11.7. The predicted octanol–water partition coefficient (Wildman–Crippen LogP) is 2.35. The number of hydrazine groups is 2. The quantitative estimate of drug-likeness (QED) is 0.312. The lowest BCUT2D eigenvalue weighted by atomic mass is 9.56. The van der Waals surface area contributed by atoms with Crippen molar-refractivity contribution in [3.8, 4) is 0 Å². The molecule has 0 saturated heterocycles. The highest BCUT2D eigenvalue weighted by Crippen LogP contribution is 2.53. The van der Waals surface area contributed by atoms with Gasteiger partial charge >= 0.3 is 0 Å². The van der Waals surface area contributed by atoms with Crippen LogP contribution in [0.5, 0.6) is 0 Å². The molecular formula is C14H26N4. The van der Waals surface area contributed by atoms with Crippen LogP contribution >= 0.6 is 0 Å². The minimum Gasteiger partial charge on any atom is -0.252 e. The van der Waals surface area contributed by atoms with Crippen molar-refractivity contribution in [1.29, 1.82) is 0 Å². The Bertz CT molecular complexity index is 350. The van der Waals surface area contributed by atoms with E-state index < -0.39 is 0 Å². The number of nitrogens with zero attached hydrogens (tertiary/aromatic N) is 1. The number of allylic oxidation sites excluding steroid dienone is 2. The molecule has 0 aromatic heterocycles. The van der Waals surface area contributed by atoms with Crippen LogP contribution in [-0.4, -0.2) is 6.21 Å². The van der Waals surface area contributed by atoms with Crippen molar-refractivity contribution in [2.24, 2.45) is 34.1 Å². The summed E-state index contributed by atoms with van der Waals surface area (Å²) in [6, 6.07) is 0. The van der Waals surface area contributed by atoms with E-state index in [-0.39, 0.29) is 0 Å². The van der Waals surface area contributed by atoms with E-state index in [0.29, 0.717) is 11.3 Å². The van der Waals surface area contributed by atoms with Crippen molar-refractivity contribution in [3.05, 3.63) is 11.6 Å². The van der Waals surface area contributed by atoms with Crippen molar-refractivity contribution in [2.75, 3.05) is 0 Å². The Labute approximate surface area is 110 Å². The summed E-state index contributed by atoms with van der Waals surface area (Å²) in [5.74, 6) is 7.27. The topological polar surface area (TPSA) is 62.4 Å². The third-order valence-electron chi connectivity index (χ3n) is 5.26. The molecule has 2 rings (SSSR count). The van der Waals surface area contributed by atoms with Crippen molar-refractivity contribution < 1.29 is 0 Å². The molecule has 4 N–H and O–H groups in total. The van der Waals surface area contributed by atoms with Gasteiger partial charge in [0, 0.05) is 6.21 Å². The molecule has 18 heavy (non-hydrogen) atoms. The maximum Gasteiger partial charge on any atom is 0.0293 e. The molecule has 4 heteroatoms. The van der Waals surface area contributed by atoms with Crippen LogP contribution in [0, 0.1) is 23.2 Å². The number of nitrogens with one attached hydrogen (secondary N) is 2. The molecule has 1 fully saturated rings. The fourth-order valence-corrected chi connectivity index (χ4v) is 3.57. The first kappa shape index (κ1) is 13.6. The van der Waals surface area contributed by atoms with E-state index in [1.165, 1.54) is 19.3 Å². The Morgan fingerprint density at radius 3 is 3.00 bits per heavy atom. The van der Waals surface area contributed by atoms with E-state index in [2.05, 4.69) is 43.0 Å². The van der Waals surface area contributed by atoms with Gasteiger partial charge in [0.25, 0.3) is 0 Å². The van der Waals surface area contributed by atoms with Crippen LogP contribution < -0.4 is 16.9 Å². The molecule has 4 atom stereocenters. The van der Waals surface area contributed by atoms with E-state index in [1.807, 2.05) is 6.21 Å². The molecule has 2 unspecified atom stereocenters. The van der Waals surface area contributed by atoms with Crippen LogP contribution in [0.4, 0.5) is 0 Å². The first-order chi connectivity index (χ1) is 8.58. The standard InChI is InChI=1S/C14H26N4/c1-10-4-5-13-8-12(9-16-18-17-15)6-7-14(13,3)11(10)2/h5,9-12,17-18H,4,6-8,15H2,1-3H3/b16-9+/t10?,11?,12-,14+/m0/s1. The van der Waals surface area contributed by atoms with E-state index in [0.717, 1.165) is 18.3 Å². The molecular weight excluding hydrogens is 224 g/mol. The molecule has 0 aliphatic heterocycles. The zero-order chi connectivity index (χ0) is 13.2.